The van der Waals surface area contributed by atoms with E-state index in [0.717, 1.165) is 29.8 Å². The number of aryl methyl sites for hydroxylation is 1. The van der Waals surface area contributed by atoms with Crippen molar-refractivity contribution in [3.63, 3.8) is 0 Å². The maximum Gasteiger partial charge on any atom is 0.124 e. The van der Waals surface area contributed by atoms with Gasteiger partial charge in [-0.05, 0) is 18.4 Å². The Morgan fingerprint density at radius 2 is 1.60 bits per heavy atom. The van der Waals surface area contributed by atoms with E-state index < -0.39 is 0 Å². The molecule has 4 aromatic rings. The van der Waals surface area contributed by atoms with Crippen LogP contribution in [0.3, 0.4) is 0 Å². The van der Waals surface area contributed by atoms with E-state index in [1.54, 1.807) is 6.26 Å². The monoisotopic (exact) mass is 329 g/mol. The number of imidazole rings is 1. The van der Waals surface area contributed by atoms with E-state index >= 15 is 0 Å². The van der Waals surface area contributed by atoms with Crippen LogP contribution in [0.5, 0.6) is 0 Å². The molecule has 0 N–H and O–H groups in total. The van der Waals surface area contributed by atoms with Crippen LogP contribution in [0.2, 0.25) is 0 Å². The Hall–Kier alpha value is -3.14. The highest BCUT2D eigenvalue weighted by Crippen LogP contribution is 2.24. The Kier molecular flexibility index (Phi) is 4.42. The molecular weight excluding hydrogens is 310 g/mol. The quantitative estimate of drug-likeness (QED) is 0.527. The van der Waals surface area contributed by atoms with Crippen molar-refractivity contribution in [1.82, 2.24) is 14.7 Å². The van der Waals surface area contributed by atoms with Crippen LogP contribution in [0.1, 0.15) is 17.0 Å². The molecule has 124 valence electrons. The summed E-state index contributed by atoms with van der Waals surface area (Å²) in [5.74, 6) is 0. The number of benzene rings is 2. The van der Waals surface area contributed by atoms with Gasteiger partial charge in [0.15, 0.2) is 0 Å². The van der Waals surface area contributed by atoms with Gasteiger partial charge in [0.2, 0.25) is 0 Å². The van der Waals surface area contributed by atoms with Crippen LogP contribution in [0.15, 0.2) is 83.8 Å². The first-order chi connectivity index (χ1) is 12.4. The van der Waals surface area contributed by atoms with E-state index in [0.29, 0.717) is 6.54 Å². The third kappa shape index (κ3) is 3.53. The lowest BCUT2D eigenvalue weighted by Gasteiger charge is -2.09. The molecule has 0 radical (unpaired) electrons. The Bertz CT molecular complexity index is 912. The van der Waals surface area contributed by atoms with Gasteiger partial charge in [-0.15, -0.1) is 0 Å². The highest BCUT2D eigenvalue weighted by atomic mass is 16.5. The molecule has 4 heteroatoms. The molecule has 2 aromatic carbocycles. The molecule has 0 spiro atoms. The minimum atomic E-state index is 0.667. The average Bonchev–Trinajstić information content (AvgIpc) is 3.32. The van der Waals surface area contributed by atoms with Crippen LogP contribution in [0.25, 0.3) is 11.3 Å². The largest absolute Gasteiger partial charge is 0.364 e. The number of hydrogen-bond acceptors (Lipinski definition) is 3. The lowest BCUT2D eigenvalue weighted by molar-refractivity contribution is 0.409. The smallest absolute Gasteiger partial charge is 0.124 e. The van der Waals surface area contributed by atoms with Crippen molar-refractivity contribution in [2.24, 2.45) is 0 Å². The second kappa shape index (κ2) is 7.18. The van der Waals surface area contributed by atoms with Crippen molar-refractivity contribution < 1.29 is 4.52 Å². The molecule has 0 aliphatic heterocycles. The summed E-state index contributed by atoms with van der Waals surface area (Å²) in [6, 6.07) is 22.8. The van der Waals surface area contributed by atoms with Crippen molar-refractivity contribution in [3.8, 4) is 11.3 Å². The molecule has 4 rings (SSSR count). The van der Waals surface area contributed by atoms with Crippen LogP contribution in [0, 0.1) is 0 Å². The van der Waals surface area contributed by atoms with E-state index in [9.17, 15) is 0 Å². The standard InChI is InChI=1S/C21H19N3O/c1-3-7-17(8-4-1)11-12-20-21(18-9-5-2-6-10-18)22-16-24(20)15-19-13-14-25-23-19/h1-10,13-14,16H,11-12,15H2. The molecule has 0 unspecified atom stereocenters. The Balaban J connectivity index is 1.66. The molecule has 2 aromatic heterocycles. The Morgan fingerprint density at radius 1 is 0.840 bits per heavy atom. The summed E-state index contributed by atoms with van der Waals surface area (Å²) in [5.41, 5.74) is 5.64. The van der Waals surface area contributed by atoms with E-state index in [-0.39, 0.29) is 0 Å². The fraction of sp³-hybridized carbons (Fsp3) is 0.143. The van der Waals surface area contributed by atoms with Crippen molar-refractivity contribution >= 4 is 0 Å². The topological polar surface area (TPSA) is 43.9 Å². The minimum absolute atomic E-state index is 0.667. The SMILES string of the molecule is c1ccc(CCc2c(-c3ccccc3)ncn2Cc2ccon2)cc1. The molecular formula is C21H19N3O. The first-order valence-electron chi connectivity index (χ1n) is 8.43. The molecule has 0 bridgehead atoms. The molecule has 0 saturated carbocycles. The van der Waals surface area contributed by atoms with Gasteiger partial charge in [0, 0.05) is 17.3 Å². The van der Waals surface area contributed by atoms with Crippen molar-refractivity contribution in [2.45, 2.75) is 19.4 Å². The highest BCUT2D eigenvalue weighted by molar-refractivity contribution is 5.62. The first-order valence-corrected chi connectivity index (χ1v) is 8.43. The normalized spacial score (nSPS) is 10.9. The molecule has 0 fully saturated rings. The molecule has 0 saturated heterocycles. The van der Waals surface area contributed by atoms with Crippen LogP contribution >= 0.6 is 0 Å². The van der Waals surface area contributed by atoms with Crippen molar-refractivity contribution in [1.29, 1.82) is 0 Å². The Labute approximate surface area is 146 Å². The minimum Gasteiger partial charge on any atom is -0.364 e. The number of aromatic nitrogens is 3. The van der Waals surface area contributed by atoms with Crippen LogP contribution in [-0.4, -0.2) is 14.7 Å². The summed E-state index contributed by atoms with van der Waals surface area (Å²) in [6.07, 6.45) is 5.41. The van der Waals surface area contributed by atoms with Crippen LogP contribution in [-0.2, 0) is 19.4 Å². The molecule has 0 atom stereocenters. The molecule has 0 amide bonds. The summed E-state index contributed by atoms with van der Waals surface area (Å²) in [5, 5.41) is 4.03. The van der Waals surface area contributed by atoms with Gasteiger partial charge in [0.1, 0.15) is 12.0 Å². The summed E-state index contributed by atoms with van der Waals surface area (Å²) in [4.78, 5) is 4.68. The number of hydrogen-bond donors (Lipinski definition) is 0. The summed E-state index contributed by atoms with van der Waals surface area (Å²) in [7, 11) is 0. The van der Waals surface area contributed by atoms with Gasteiger partial charge in [-0.3, -0.25) is 0 Å². The Morgan fingerprint density at radius 3 is 2.32 bits per heavy atom. The molecule has 4 nitrogen and oxygen atoms in total. The van der Waals surface area contributed by atoms with Crippen molar-refractivity contribution in [2.75, 3.05) is 0 Å². The molecule has 25 heavy (non-hydrogen) atoms. The van der Waals surface area contributed by atoms with Gasteiger partial charge >= 0.3 is 0 Å². The molecule has 2 heterocycles. The van der Waals surface area contributed by atoms with E-state index in [2.05, 4.69) is 51.1 Å². The van der Waals surface area contributed by atoms with E-state index in [4.69, 9.17) is 4.52 Å². The summed E-state index contributed by atoms with van der Waals surface area (Å²) < 4.78 is 7.13. The van der Waals surface area contributed by atoms with Gasteiger partial charge < -0.3 is 9.09 Å². The maximum atomic E-state index is 4.96. The average molecular weight is 329 g/mol. The first kappa shape index (κ1) is 15.4. The summed E-state index contributed by atoms with van der Waals surface area (Å²) >= 11 is 0. The van der Waals surface area contributed by atoms with Crippen molar-refractivity contribution in [3.05, 3.63) is 96.3 Å². The second-order valence-corrected chi connectivity index (χ2v) is 6.01. The number of rotatable bonds is 6. The lowest BCUT2D eigenvalue weighted by Crippen LogP contribution is -2.06. The van der Waals surface area contributed by atoms with Gasteiger partial charge in [-0.25, -0.2) is 4.98 Å². The summed E-state index contributed by atoms with van der Waals surface area (Å²) in [6.45, 7) is 0.667. The zero-order valence-corrected chi connectivity index (χ0v) is 13.9. The third-order valence-corrected chi connectivity index (χ3v) is 4.31. The van der Waals surface area contributed by atoms with Gasteiger partial charge in [0.25, 0.3) is 0 Å². The zero-order chi connectivity index (χ0) is 16.9. The fourth-order valence-electron chi connectivity index (χ4n) is 3.04. The predicted molar refractivity (Wildman–Crippen MR) is 97.1 cm³/mol. The lowest BCUT2D eigenvalue weighted by atomic mass is 10.0. The third-order valence-electron chi connectivity index (χ3n) is 4.31. The zero-order valence-electron chi connectivity index (χ0n) is 13.9. The van der Waals surface area contributed by atoms with Gasteiger partial charge in [-0.2, -0.15) is 0 Å². The number of nitrogens with zero attached hydrogens (tertiary/aromatic N) is 3. The van der Waals surface area contributed by atoms with Crippen LogP contribution < -0.4 is 0 Å². The van der Waals surface area contributed by atoms with E-state index in [1.165, 1.54) is 11.3 Å². The van der Waals surface area contributed by atoms with Gasteiger partial charge in [0.05, 0.1) is 18.6 Å². The molecule has 0 aliphatic rings. The van der Waals surface area contributed by atoms with Crippen LogP contribution in [0.4, 0.5) is 0 Å². The maximum absolute atomic E-state index is 4.96. The fourth-order valence-corrected chi connectivity index (χ4v) is 3.04. The van der Waals surface area contributed by atoms with E-state index in [1.807, 2.05) is 36.7 Å². The second-order valence-electron chi connectivity index (χ2n) is 6.01. The highest BCUT2D eigenvalue weighted by Gasteiger charge is 2.14. The van der Waals surface area contributed by atoms with Gasteiger partial charge in [-0.1, -0.05) is 65.8 Å². The predicted octanol–water partition coefficient (Wildman–Crippen LogP) is 4.37. The molecule has 0 aliphatic carbocycles.